The molecular weight excluding hydrogens is 307 g/mol. The van der Waals surface area contributed by atoms with Crippen molar-refractivity contribution in [3.8, 4) is 11.4 Å². The van der Waals surface area contributed by atoms with Crippen LogP contribution in [-0.4, -0.2) is 27.0 Å². The third kappa shape index (κ3) is 2.67. The number of carbonyl (C=O) groups excluding carboxylic acids is 1. The Kier molecular flexibility index (Phi) is 3.57. The van der Waals surface area contributed by atoms with Gasteiger partial charge in [-0.25, -0.2) is 14.4 Å². The van der Waals surface area contributed by atoms with Crippen LogP contribution < -0.4 is 5.32 Å². The van der Waals surface area contributed by atoms with Gasteiger partial charge in [-0.3, -0.25) is 4.79 Å². The van der Waals surface area contributed by atoms with Gasteiger partial charge in [-0.1, -0.05) is 12.1 Å². The Bertz CT molecular complexity index is 919. The molecule has 4 rings (SSSR count). The molecule has 0 saturated heterocycles. The van der Waals surface area contributed by atoms with E-state index in [2.05, 4.69) is 15.3 Å². The maximum atomic E-state index is 13.3. The predicted octanol–water partition coefficient (Wildman–Crippen LogP) is 2.42. The molecule has 0 fully saturated rings. The van der Waals surface area contributed by atoms with Crippen molar-refractivity contribution in [2.75, 3.05) is 6.54 Å². The van der Waals surface area contributed by atoms with Gasteiger partial charge in [0.1, 0.15) is 17.8 Å². The van der Waals surface area contributed by atoms with Crippen LogP contribution in [0.1, 0.15) is 21.7 Å². The summed E-state index contributed by atoms with van der Waals surface area (Å²) < 4.78 is 15.3. The maximum Gasteiger partial charge on any atom is 0.267 e. The lowest BCUT2D eigenvalue weighted by molar-refractivity contribution is 0.0928. The van der Waals surface area contributed by atoms with Crippen molar-refractivity contribution in [3.05, 3.63) is 71.6 Å². The van der Waals surface area contributed by atoms with Crippen LogP contribution in [0.3, 0.4) is 0 Å². The molecule has 3 aromatic rings. The Morgan fingerprint density at radius 1 is 1.12 bits per heavy atom. The van der Waals surface area contributed by atoms with Crippen molar-refractivity contribution in [3.63, 3.8) is 0 Å². The highest BCUT2D eigenvalue weighted by molar-refractivity contribution is 5.94. The fourth-order valence-corrected chi connectivity index (χ4v) is 2.99. The minimum Gasteiger partial charge on any atom is -0.349 e. The van der Waals surface area contributed by atoms with Crippen molar-refractivity contribution >= 4 is 5.91 Å². The molecule has 5 nitrogen and oxygen atoms in total. The summed E-state index contributed by atoms with van der Waals surface area (Å²) >= 11 is 0. The highest BCUT2D eigenvalue weighted by Gasteiger charge is 2.20. The molecule has 0 saturated carbocycles. The topological polar surface area (TPSA) is 59.8 Å². The Morgan fingerprint density at radius 2 is 2.00 bits per heavy atom. The lowest BCUT2D eigenvalue weighted by Gasteiger charge is -2.18. The van der Waals surface area contributed by atoms with E-state index in [1.165, 1.54) is 18.5 Å². The number of benzene rings is 1. The van der Waals surface area contributed by atoms with Crippen LogP contribution in [0, 0.1) is 5.82 Å². The van der Waals surface area contributed by atoms with Gasteiger partial charge in [0.15, 0.2) is 0 Å². The molecule has 0 atom stereocenters. The van der Waals surface area contributed by atoms with Crippen molar-refractivity contribution in [1.29, 1.82) is 0 Å². The minimum absolute atomic E-state index is 0.0680. The van der Waals surface area contributed by atoms with E-state index in [0.29, 0.717) is 25.2 Å². The lowest BCUT2D eigenvalue weighted by Crippen LogP contribution is -2.35. The van der Waals surface area contributed by atoms with Crippen molar-refractivity contribution in [2.45, 2.75) is 13.0 Å². The molecule has 1 amide bonds. The second-order valence-corrected chi connectivity index (χ2v) is 5.71. The van der Waals surface area contributed by atoms with Crippen LogP contribution in [0.5, 0.6) is 0 Å². The molecule has 1 N–H and O–H groups in total. The Hall–Kier alpha value is -3.02. The smallest absolute Gasteiger partial charge is 0.267 e. The fraction of sp³-hybridized carbons (Fsp3) is 0.167. The number of hydrogen-bond donors (Lipinski definition) is 1. The fourth-order valence-electron chi connectivity index (χ4n) is 2.99. The first kappa shape index (κ1) is 14.6. The number of fused-ring (bicyclic) bond motifs is 1. The van der Waals surface area contributed by atoms with Gasteiger partial charge in [0.25, 0.3) is 5.91 Å². The lowest BCUT2D eigenvalue weighted by atomic mass is 10.1. The van der Waals surface area contributed by atoms with Crippen molar-refractivity contribution in [1.82, 2.24) is 19.9 Å². The van der Waals surface area contributed by atoms with Gasteiger partial charge in [0.05, 0.1) is 11.4 Å². The zero-order valence-corrected chi connectivity index (χ0v) is 12.9. The molecule has 0 spiro atoms. The molecule has 0 unspecified atom stereocenters. The normalized spacial score (nSPS) is 13.5. The number of aromatic nitrogens is 3. The Labute approximate surface area is 138 Å². The largest absolute Gasteiger partial charge is 0.349 e. The molecule has 3 heterocycles. The van der Waals surface area contributed by atoms with Crippen LogP contribution >= 0.6 is 0 Å². The highest BCUT2D eigenvalue weighted by Crippen LogP contribution is 2.23. The molecule has 1 aliphatic rings. The average Bonchev–Trinajstić information content (AvgIpc) is 3.01. The zero-order valence-electron chi connectivity index (χ0n) is 12.9. The van der Waals surface area contributed by atoms with Crippen LogP contribution in [0.2, 0.25) is 0 Å². The number of halogens is 1. The molecule has 2 aromatic heterocycles. The third-order valence-corrected chi connectivity index (χ3v) is 4.09. The third-order valence-electron chi connectivity index (χ3n) is 4.09. The van der Waals surface area contributed by atoms with Gasteiger partial charge in [-0.15, -0.1) is 0 Å². The molecule has 0 radical (unpaired) electrons. The van der Waals surface area contributed by atoms with Crippen molar-refractivity contribution in [2.24, 2.45) is 0 Å². The highest BCUT2D eigenvalue weighted by atomic mass is 19.1. The number of nitrogens with one attached hydrogen (secondary N) is 1. The molecule has 0 aliphatic carbocycles. The quantitative estimate of drug-likeness (QED) is 0.805. The van der Waals surface area contributed by atoms with E-state index in [0.717, 1.165) is 22.6 Å². The summed E-state index contributed by atoms with van der Waals surface area (Å²) in [7, 11) is 0. The van der Waals surface area contributed by atoms with Crippen LogP contribution in [0.4, 0.5) is 4.39 Å². The SMILES string of the molecule is O=C1NCCn2c1ccc2-c1cc(Cc2cccc(F)c2)ncn1. The number of nitrogens with zero attached hydrogens (tertiary/aromatic N) is 3. The summed E-state index contributed by atoms with van der Waals surface area (Å²) in [5.74, 6) is -0.324. The number of carbonyl (C=O) groups is 1. The van der Waals surface area contributed by atoms with Crippen LogP contribution in [-0.2, 0) is 13.0 Å². The standard InChI is InChI=1S/C18H15FN4O/c19-13-3-1-2-12(8-13)9-14-10-15(22-11-21-14)16-4-5-17-18(24)20-6-7-23(16)17/h1-5,8,10-11H,6-7,9H2,(H,20,24). The van der Waals surface area contributed by atoms with E-state index in [1.807, 2.05) is 22.8 Å². The van der Waals surface area contributed by atoms with E-state index < -0.39 is 0 Å². The van der Waals surface area contributed by atoms with E-state index >= 15 is 0 Å². The summed E-state index contributed by atoms with van der Waals surface area (Å²) in [6, 6.07) is 12.1. The summed E-state index contributed by atoms with van der Waals surface area (Å²) in [5.41, 5.74) is 3.96. The molecule has 6 heteroatoms. The van der Waals surface area contributed by atoms with E-state index in [-0.39, 0.29) is 11.7 Å². The number of rotatable bonds is 3. The van der Waals surface area contributed by atoms with E-state index in [1.54, 1.807) is 12.1 Å². The molecule has 0 bridgehead atoms. The number of amides is 1. The number of hydrogen-bond acceptors (Lipinski definition) is 3. The first-order valence-corrected chi connectivity index (χ1v) is 7.74. The Morgan fingerprint density at radius 3 is 2.88 bits per heavy atom. The maximum absolute atomic E-state index is 13.3. The van der Waals surface area contributed by atoms with Gasteiger partial charge in [-0.05, 0) is 35.9 Å². The van der Waals surface area contributed by atoms with Gasteiger partial charge >= 0.3 is 0 Å². The molecular formula is C18H15FN4O. The molecule has 1 aromatic carbocycles. The Balaban J connectivity index is 1.67. The summed E-state index contributed by atoms with van der Waals surface area (Å²) in [6.07, 6.45) is 2.04. The molecule has 1 aliphatic heterocycles. The van der Waals surface area contributed by atoms with Crippen LogP contribution in [0.15, 0.2) is 48.8 Å². The predicted molar refractivity (Wildman–Crippen MR) is 87.0 cm³/mol. The average molecular weight is 322 g/mol. The molecule has 24 heavy (non-hydrogen) atoms. The second-order valence-electron chi connectivity index (χ2n) is 5.71. The second kappa shape index (κ2) is 5.88. The summed E-state index contributed by atoms with van der Waals surface area (Å²) in [4.78, 5) is 20.5. The van der Waals surface area contributed by atoms with E-state index in [4.69, 9.17) is 0 Å². The van der Waals surface area contributed by atoms with Gasteiger partial charge < -0.3 is 9.88 Å². The van der Waals surface area contributed by atoms with Gasteiger partial charge in [0.2, 0.25) is 0 Å². The van der Waals surface area contributed by atoms with Crippen molar-refractivity contribution < 1.29 is 9.18 Å². The first-order valence-electron chi connectivity index (χ1n) is 7.74. The summed E-state index contributed by atoms with van der Waals surface area (Å²) in [6.45, 7) is 1.32. The minimum atomic E-state index is -0.256. The summed E-state index contributed by atoms with van der Waals surface area (Å²) in [5, 5.41) is 2.82. The van der Waals surface area contributed by atoms with E-state index in [9.17, 15) is 9.18 Å². The van der Waals surface area contributed by atoms with Crippen LogP contribution in [0.25, 0.3) is 11.4 Å². The van der Waals surface area contributed by atoms with Gasteiger partial charge in [0, 0.05) is 25.2 Å². The molecule has 120 valence electrons. The monoisotopic (exact) mass is 322 g/mol. The first-order chi connectivity index (χ1) is 11.7. The van der Waals surface area contributed by atoms with Gasteiger partial charge in [-0.2, -0.15) is 0 Å². The zero-order chi connectivity index (χ0) is 16.5.